The van der Waals surface area contributed by atoms with E-state index in [-0.39, 0.29) is 5.82 Å². The summed E-state index contributed by atoms with van der Waals surface area (Å²) in [5.74, 6) is 0.0264. The van der Waals surface area contributed by atoms with Gasteiger partial charge in [0, 0.05) is 13.6 Å². The Balaban J connectivity index is 3.07. The zero-order chi connectivity index (χ0) is 10.6. The fourth-order valence-corrected chi connectivity index (χ4v) is 1.25. The maximum Gasteiger partial charge on any atom is 0.195 e. The van der Waals surface area contributed by atoms with Crippen LogP contribution in [-0.4, -0.2) is 19.6 Å². The molecule has 1 aromatic carbocycles. The van der Waals surface area contributed by atoms with Crippen LogP contribution in [0.3, 0.4) is 0 Å². The average Bonchev–Trinajstić information content (AvgIpc) is 2.21. The van der Waals surface area contributed by atoms with Gasteiger partial charge in [0.15, 0.2) is 5.96 Å². The molecule has 0 saturated carbocycles. The summed E-state index contributed by atoms with van der Waals surface area (Å²) >= 11 is 0. The van der Waals surface area contributed by atoms with E-state index in [2.05, 4.69) is 4.99 Å². The molecule has 0 atom stereocenters. The maximum absolute atomic E-state index is 13.4. The molecule has 0 amide bonds. The van der Waals surface area contributed by atoms with Crippen molar-refractivity contribution in [2.45, 2.75) is 6.92 Å². The second kappa shape index (κ2) is 4.60. The van der Waals surface area contributed by atoms with E-state index in [9.17, 15) is 4.39 Å². The lowest BCUT2D eigenvalue weighted by molar-refractivity contribution is 0.626. The summed E-state index contributed by atoms with van der Waals surface area (Å²) in [4.78, 5) is 5.45. The SMILES string of the molecule is CCN(C(N)=NC)c1ccccc1F. The number of guanidine groups is 1. The van der Waals surface area contributed by atoms with E-state index in [0.717, 1.165) is 0 Å². The summed E-state index contributed by atoms with van der Waals surface area (Å²) in [5, 5.41) is 0. The molecule has 0 unspecified atom stereocenters. The molecular formula is C10H14FN3. The Morgan fingerprint density at radius 3 is 2.64 bits per heavy atom. The van der Waals surface area contributed by atoms with Gasteiger partial charge in [0.25, 0.3) is 0 Å². The van der Waals surface area contributed by atoms with Crippen LogP contribution in [0.4, 0.5) is 10.1 Å². The molecule has 0 aromatic heterocycles. The third-order valence-corrected chi connectivity index (χ3v) is 1.97. The summed E-state index contributed by atoms with van der Waals surface area (Å²) in [5.41, 5.74) is 6.09. The lowest BCUT2D eigenvalue weighted by Crippen LogP contribution is -2.37. The molecule has 0 saturated heterocycles. The molecule has 0 aliphatic rings. The van der Waals surface area contributed by atoms with E-state index in [4.69, 9.17) is 5.73 Å². The highest BCUT2D eigenvalue weighted by atomic mass is 19.1. The summed E-state index contributed by atoms with van der Waals surface area (Å²) in [6.45, 7) is 2.48. The third kappa shape index (κ3) is 2.02. The number of hydrogen-bond acceptors (Lipinski definition) is 1. The van der Waals surface area contributed by atoms with E-state index in [1.165, 1.54) is 6.07 Å². The van der Waals surface area contributed by atoms with E-state index >= 15 is 0 Å². The Bertz CT molecular complexity index is 336. The standard InChI is InChI=1S/C10H14FN3/c1-3-14(10(12)13-2)9-7-5-4-6-8(9)11/h4-7H,3H2,1-2H3,(H2,12,13). The first kappa shape index (κ1) is 10.5. The molecule has 2 N–H and O–H groups in total. The van der Waals surface area contributed by atoms with E-state index in [0.29, 0.717) is 18.2 Å². The molecule has 76 valence electrons. The fourth-order valence-electron chi connectivity index (χ4n) is 1.25. The number of para-hydroxylation sites is 1. The molecule has 0 radical (unpaired) electrons. The van der Waals surface area contributed by atoms with Gasteiger partial charge in [-0.2, -0.15) is 0 Å². The van der Waals surface area contributed by atoms with Gasteiger partial charge in [0.2, 0.25) is 0 Å². The van der Waals surface area contributed by atoms with Crippen LogP contribution in [0.2, 0.25) is 0 Å². The number of rotatable bonds is 2. The minimum absolute atomic E-state index is 0.291. The van der Waals surface area contributed by atoms with Crippen molar-refractivity contribution in [1.82, 2.24) is 0 Å². The fraction of sp³-hybridized carbons (Fsp3) is 0.300. The number of benzene rings is 1. The van der Waals surface area contributed by atoms with Gasteiger partial charge in [-0.3, -0.25) is 4.99 Å². The second-order valence-electron chi connectivity index (χ2n) is 2.78. The molecule has 0 heterocycles. The van der Waals surface area contributed by atoms with Crippen LogP contribution < -0.4 is 10.6 Å². The van der Waals surface area contributed by atoms with Gasteiger partial charge in [0.05, 0.1) is 5.69 Å². The van der Waals surface area contributed by atoms with Gasteiger partial charge in [-0.25, -0.2) is 4.39 Å². The molecule has 4 heteroatoms. The number of nitrogens with two attached hydrogens (primary N) is 1. The Hall–Kier alpha value is -1.58. The smallest absolute Gasteiger partial charge is 0.195 e. The van der Waals surface area contributed by atoms with Crippen molar-refractivity contribution in [1.29, 1.82) is 0 Å². The number of aliphatic imine (C=N–C) groups is 1. The molecule has 0 fully saturated rings. The van der Waals surface area contributed by atoms with Crippen LogP contribution in [-0.2, 0) is 0 Å². The Kier molecular flexibility index (Phi) is 3.45. The molecule has 14 heavy (non-hydrogen) atoms. The first-order valence-electron chi connectivity index (χ1n) is 4.45. The lowest BCUT2D eigenvalue weighted by atomic mass is 10.3. The van der Waals surface area contributed by atoms with Crippen molar-refractivity contribution in [2.75, 3.05) is 18.5 Å². The van der Waals surface area contributed by atoms with Gasteiger partial charge in [-0.15, -0.1) is 0 Å². The second-order valence-corrected chi connectivity index (χ2v) is 2.78. The van der Waals surface area contributed by atoms with Gasteiger partial charge in [0.1, 0.15) is 5.82 Å². The van der Waals surface area contributed by atoms with Crippen molar-refractivity contribution in [2.24, 2.45) is 10.7 Å². The van der Waals surface area contributed by atoms with E-state index in [1.807, 2.05) is 6.92 Å². The van der Waals surface area contributed by atoms with E-state index in [1.54, 1.807) is 30.1 Å². The average molecular weight is 195 g/mol. The minimum Gasteiger partial charge on any atom is -0.370 e. The molecule has 0 spiro atoms. The zero-order valence-electron chi connectivity index (χ0n) is 8.37. The van der Waals surface area contributed by atoms with Crippen molar-refractivity contribution in [3.05, 3.63) is 30.1 Å². The minimum atomic E-state index is -0.291. The molecule has 0 aliphatic heterocycles. The van der Waals surface area contributed by atoms with Crippen LogP contribution in [0.5, 0.6) is 0 Å². The van der Waals surface area contributed by atoms with Gasteiger partial charge in [-0.1, -0.05) is 12.1 Å². The predicted octanol–water partition coefficient (Wildman–Crippen LogP) is 1.60. The summed E-state index contributed by atoms with van der Waals surface area (Å²) in [6, 6.07) is 6.49. The normalized spacial score (nSPS) is 11.5. The number of halogens is 1. The third-order valence-electron chi connectivity index (χ3n) is 1.97. The van der Waals surface area contributed by atoms with Crippen LogP contribution in [0.15, 0.2) is 29.3 Å². The molecule has 1 aromatic rings. The van der Waals surface area contributed by atoms with Gasteiger partial charge in [-0.05, 0) is 19.1 Å². The van der Waals surface area contributed by atoms with Crippen molar-refractivity contribution in [3.63, 3.8) is 0 Å². The van der Waals surface area contributed by atoms with Crippen LogP contribution in [0, 0.1) is 5.82 Å². The van der Waals surface area contributed by atoms with Crippen LogP contribution >= 0.6 is 0 Å². The van der Waals surface area contributed by atoms with Gasteiger partial charge < -0.3 is 10.6 Å². The molecule has 0 bridgehead atoms. The van der Waals surface area contributed by atoms with Gasteiger partial charge >= 0.3 is 0 Å². The maximum atomic E-state index is 13.4. The molecule has 0 aliphatic carbocycles. The highest BCUT2D eigenvalue weighted by molar-refractivity contribution is 5.94. The Labute approximate surface area is 83.1 Å². The van der Waals surface area contributed by atoms with E-state index < -0.39 is 0 Å². The zero-order valence-corrected chi connectivity index (χ0v) is 8.37. The topological polar surface area (TPSA) is 41.6 Å². The van der Waals surface area contributed by atoms with Crippen molar-refractivity contribution >= 4 is 11.6 Å². The van der Waals surface area contributed by atoms with Crippen LogP contribution in [0.1, 0.15) is 6.92 Å². The lowest BCUT2D eigenvalue weighted by Gasteiger charge is -2.21. The summed E-state index contributed by atoms with van der Waals surface area (Å²) in [7, 11) is 1.58. The first-order valence-corrected chi connectivity index (χ1v) is 4.45. The van der Waals surface area contributed by atoms with Crippen molar-refractivity contribution in [3.8, 4) is 0 Å². The molecular weight excluding hydrogens is 181 g/mol. The van der Waals surface area contributed by atoms with Crippen molar-refractivity contribution < 1.29 is 4.39 Å². The number of hydrogen-bond donors (Lipinski definition) is 1. The first-order chi connectivity index (χ1) is 6.70. The predicted molar refractivity (Wildman–Crippen MR) is 57.0 cm³/mol. The molecule has 3 nitrogen and oxygen atoms in total. The number of nitrogens with zero attached hydrogens (tertiary/aromatic N) is 2. The summed E-state index contributed by atoms with van der Waals surface area (Å²) in [6.07, 6.45) is 0. The molecule has 1 rings (SSSR count). The Morgan fingerprint density at radius 2 is 2.14 bits per heavy atom. The largest absolute Gasteiger partial charge is 0.370 e. The Morgan fingerprint density at radius 1 is 1.50 bits per heavy atom. The van der Waals surface area contributed by atoms with Crippen LogP contribution in [0.25, 0.3) is 0 Å². The quantitative estimate of drug-likeness (QED) is 0.575. The number of anilines is 1. The highest BCUT2D eigenvalue weighted by Gasteiger charge is 2.11. The summed E-state index contributed by atoms with van der Waals surface area (Å²) < 4.78 is 13.4. The highest BCUT2D eigenvalue weighted by Crippen LogP contribution is 2.17. The monoisotopic (exact) mass is 195 g/mol.